The lowest BCUT2D eigenvalue weighted by Crippen LogP contribution is -2.34. The van der Waals surface area contributed by atoms with Crippen LogP contribution in [0.15, 0.2) is 18.2 Å². The van der Waals surface area contributed by atoms with Gasteiger partial charge in [0.2, 0.25) is 5.91 Å². The minimum atomic E-state index is -0.768. The van der Waals surface area contributed by atoms with Crippen LogP contribution in [0.3, 0.4) is 0 Å². The number of aryl methyl sites for hydroxylation is 2. The van der Waals surface area contributed by atoms with Crippen LogP contribution >= 0.6 is 12.4 Å². The van der Waals surface area contributed by atoms with Gasteiger partial charge in [0.25, 0.3) is 0 Å². The van der Waals surface area contributed by atoms with Crippen molar-refractivity contribution >= 4 is 30.0 Å². The monoisotopic (exact) mass is 342 g/mol. The quantitative estimate of drug-likeness (QED) is 0.676. The molecule has 130 valence electrons. The van der Waals surface area contributed by atoms with E-state index in [1.165, 1.54) is 0 Å². The van der Waals surface area contributed by atoms with E-state index >= 15 is 0 Å². The first-order chi connectivity index (χ1) is 10.4. The van der Waals surface area contributed by atoms with Crippen LogP contribution in [-0.2, 0) is 9.59 Å². The summed E-state index contributed by atoms with van der Waals surface area (Å²) >= 11 is 0. The Morgan fingerprint density at radius 1 is 1.17 bits per heavy atom. The number of carbonyl (C=O) groups excluding carboxylic acids is 1. The molecule has 0 spiro atoms. The number of hydrogen-bond donors (Lipinski definition) is 2. The van der Waals surface area contributed by atoms with E-state index < -0.39 is 5.97 Å². The first-order valence-electron chi connectivity index (χ1n) is 7.74. The molecule has 1 aromatic rings. The predicted octanol–water partition coefficient (Wildman–Crippen LogP) is 3.24. The maximum absolute atomic E-state index is 12.2. The second kappa shape index (κ2) is 11.0. The maximum Gasteiger partial charge on any atom is 0.303 e. The molecular formula is C17H27ClN2O3. The molecule has 0 heterocycles. The lowest BCUT2D eigenvalue weighted by atomic mass is 10.1. The Morgan fingerprint density at radius 2 is 1.78 bits per heavy atom. The van der Waals surface area contributed by atoms with Crippen LogP contribution in [-0.4, -0.2) is 41.5 Å². The smallest absolute Gasteiger partial charge is 0.303 e. The number of rotatable bonds is 9. The Morgan fingerprint density at radius 3 is 2.30 bits per heavy atom. The lowest BCUT2D eigenvalue weighted by Gasteiger charge is -2.20. The van der Waals surface area contributed by atoms with Crippen molar-refractivity contribution in [2.75, 3.05) is 25.0 Å². The Kier molecular flexibility index (Phi) is 10.3. The Bertz CT molecular complexity index is 500. The highest BCUT2D eigenvalue weighted by atomic mass is 35.5. The van der Waals surface area contributed by atoms with E-state index in [9.17, 15) is 9.59 Å². The summed E-state index contributed by atoms with van der Waals surface area (Å²) in [5.41, 5.74) is 2.99. The predicted molar refractivity (Wildman–Crippen MR) is 95.4 cm³/mol. The molecular weight excluding hydrogens is 316 g/mol. The maximum atomic E-state index is 12.2. The summed E-state index contributed by atoms with van der Waals surface area (Å²) in [4.78, 5) is 24.7. The molecule has 0 aliphatic rings. The largest absolute Gasteiger partial charge is 0.481 e. The molecule has 0 radical (unpaired) electrons. The minimum Gasteiger partial charge on any atom is -0.481 e. The van der Waals surface area contributed by atoms with Gasteiger partial charge in [-0.3, -0.25) is 14.5 Å². The first kappa shape index (κ1) is 21.4. The van der Waals surface area contributed by atoms with E-state index in [2.05, 4.69) is 5.32 Å². The summed E-state index contributed by atoms with van der Waals surface area (Å²) < 4.78 is 0. The highest BCUT2D eigenvalue weighted by Crippen LogP contribution is 2.19. The number of carboxylic acid groups (broad SMARTS) is 1. The number of hydrogen-bond acceptors (Lipinski definition) is 3. The van der Waals surface area contributed by atoms with E-state index in [4.69, 9.17) is 5.11 Å². The fraction of sp³-hybridized carbons (Fsp3) is 0.529. The highest BCUT2D eigenvalue weighted by molar-refractivity contribution is 5.93. The summed E-state index contributed by atoms with van der Waals surface area (Å²) in [5.74, 6) is -0.798. The fourth-order valence-corrected chi connectivity index (χ4v) is 2.35. The van der Waals surface area contributed by atoms with Gasteiger partial charge in [0, 0.05) is 12.1 Å². The second-order valence-corrected chi connectivity index (χ2v) is 5.53. The average Bonchev–Trinajstić information content (AvgIpc) is 2.46. The molecule has 0 fully saturated rings. The van der Waals surface area contributed by atoms with Crippen molar-refractivity contribution in [3.05, 3.63) is 29.3 Å². The van der Waals surface area contributed by atoms with Crippen molar-refractivity contribution in [3.63, 3.8) is 0 Å². The van der Waals surface area contributed by atoms with Gasteiger partial charge in [0.1, 0.15) is 0 Å². The van der Waals surface area contributed by atoms with E-state index in [0.29, 0.717) is 13.0 Å². The second-order valence-electron chi connectivity index (χ2n) is 5.53. The van der Waals surface area contributed by atoms with Crippen LogP contribution in [0.4, 0.5) is 5.69 Å². The van der Waals surface area contributed by atoms with Gasteiger partial charge in [-0.1, -0.05) is 25.1 Å². The third-order valence-corrected chi connectivity index (χ3v) is 3.67. The van der Waals surface area contributed by atoms with Crippen LogP contribution in [0.5, 0.6) is 0 Å². The number of unbranched alkanes of at least 4 members (excludes halogenated alkanes) is 1. The summed E-state index contributed by atoms with van der Waals surface area (Å²) in [6.07, 6.45) is 1.62. The van der Waals surface area contributed by atoms with E-state index in [0.717, 1.165) is 36.3 Å². The van der Waals surface area contributed by atoms with Crippen LogP contribution in [0.25, 0.3) is 0 Å². The normalized spacial score (nSPS) is 10.3. The third kappa shape index (κ3) is 8.00. The van der Waals surface area contributed by atoms with Crippen LogP contribution in [0, 0.1) is 13.8 Å². The van der Waals surface area contributed by atoms with Gasteiger partial charge in [0.05, 0.1) is 6.54 Å². The number of anilines is 1. The number of para-hydroxylation sites is 1. The van der Waals surface area contributed by atoms with E-state index in [-0.39, 0.29) is 24.7 Å². The average molecular weight is 343 g/mol. The molecule has 2 N–H and O–H groups in total. The summed E-state index contributed by atoms with van der Waals surface area (Å²) in [6, 6.07) is 5.93. The summed E-state index contributed by atoms with van der Waals surface area (Å²) in [6.45, 7) is 7.80. The summed E-state index contributed by atoms with van der Waals surface area (Å²) in [5, 5.41) is 11.6. The third-order valence-electron chi connectivity index (χ3n) is 3.67. The van der Waals surface area contributed by atoms with Crippen molar-refractivity contribution in [2.45, 2.75) is 40.0 Å². The molecule has 0 aromatic heterocycles. The zero-order chi connectivity index (χ0) is 16.5. The zero-order valence-electron chi connectivity index (χ0n) is 14.1. The van der Waals surface area contributed by atoms with Crippen molar-refractivity contribution in [1.82, 2.24) is 4.90 Å². The van der Waals surface area contributed by atoms with Crippen LogP contribution < -0.4 is 5.32 Å². The van der Waals surface area contributed by atoms with E-state index in [1.54, 1.807) is 0 Å². The molecule has 0 atom stereocenters. The molecule has 0 bridgehead atoms. The number of amides is 1. The van der Waals surface area contributed by atoms with Gasteiger partial charge in [-0.25, -0.2) is 0 Å². The van der Waals surface area contributed by atoms with Gasteiger partial charge in [-0.2, -0.15) is 0 Å². The molecule has 23 heavy (non-hydrogen) atoms. The number of aliphatic carboxylic acids is 1. The van der Waals surface area contributed by atoms with Crippen LogP contribution in [0.1, 0.15) is 37.3 Å². The van der Waals surface area contributed by atoms with Crippen molar-refractivity contribution < 1.29 is 14.7 Å². The van der Waals surface area contributed by atoms with Gasteiger partial charge in [0.15, 0.2) is 0 Å². The number of likely N-dealkylation sites (N-methyl/N-ethyl adjacent to an activating group) is 1. The molecule has 0 aliphatic carbocycles. The van der Waals surface area contributed by atoms with Crippen molar-refractivity contribution in [2.24, 2.45) is 0 Å². The fourth-order valence-electron chi connectivity index (χ4n) is 2.35. The van der Waals surface area contributed by atoms with Gasteiger partial charge in [-0.05, 0) is 50.9 Å². The Hall–Kier alpha value is -1.59. The number of nitrogens with one attached hydrogen (secondary N) is 1. The molecule has 0 unspecified atom stereocenters. The minimum absolute atomic E-state index is 0. The number of halogens is 1. The van der Waals surface area contributed by atoms with Gasteiger partial charge >= 0.3 is 5.97 Å². The molecule has 0 saturated carbocycles. The molecule has 6 heteroatoms. The van der Waals surface area contributed by atoms with Gasteiger partial charge in [-0.15, -0.1) is 12.4 Å². The number of nitrogens with zero attached hydrogens (tertiary/aromatic N) is 1. The Balaban J connectivity index is 0.00000484. The van der Waals surface area contributed by atoms with Gasteiger partial charge < -0.3 is 10.4 Å². The topological polar surface area (TPSA) is 69.6 Å². The molecule has 1 rings (SSSR count). The van der Waals surface area contributed by atoms with Crippen molar-refractivity contribution in [3.8, 4) is 0 Å². The number of benzene rings is 1. The van der Waals surface area contributed by atoms with Crippen LogP contribution in [0.2, 0.25) is 0 Å². The highest BCUT2D eigenvalue weighted by Gasteiger charge is 2.11. The first-order valence-corrected chi connectivity index (χ1v) is 7.74. The van der Waals surface area contributed by atoms with E-state index in [1.807, 2.05) is 43.9 Å². The molecule has 1 aromatic carbocycles. The van der Waals surface area contributed by atoms with Crippen molar-refractivity contribution in [1.29, 1.82) is 0 Å². The molecule has 1 amide bonds. The molecule has 5 nitrogen and oxygen atoms in total. The zero-order valence-corrected chi connectivity index (χ0v) is 14.9. The number of carboxylic acids is 1. The molecule has 0 saturated heterocycles. The SMILES string of the molecule is CCN(CCCCC(=O)O)CC(=O)Nc1c(C)cccc1C.Cl. The number of carbonyl (C=O) groups is 2. The lowest BCUT2D eigenvalue weighted by molar-refractivity contribution is -0.137. The molecule has 0 aliphatic heterocycles. The standard InChI is InChI=1S/C17H26N2O3.ClH/c1-4-19(11-6-5-10-16(21)22)12-15(20)18-17-13(2)8-7-9-14(17)3;/h7-9H,4-6,10-12H2,1-3H3,(H,18,20)(H,21,22);1H. The Labute approximate surface area is 144 Å². The summed E-state index contributed by atoms with van der Waals surface area (Å²) in [7, 11) is 0.